The fraction of sp³-hybridized carbons (Fsp3) is 0.517. The van der Waals surface area contributed by atoms with Gasteiger partial charge in [-0.05, 0) is 70.2 Å². The number of H-pyrrole nitrogens is 1. The first kappa shape index (κ1) is 23.6. The molecule has 0 saturated carbocycles. The van der Waals surface area contributed by atoms with Gasteiger partial charge in [-0.3, -0.25) is 4.90 Å². The zero-order valence-corrected chi connectivity index (χ0v) is 21.0. The summed E-state index contributed by atoms with van der Waals surface area (Å²) in [7, 11) is 4.34. The van der Waals surface area contributed by atoms with Crippen LogP contribution in [0, 0.1) is 0 Å². The van der Waals surface area contributed by atoms with Gasteiger partial charge in [-0.1, -0.05) is 48.5 Å². The van der Waals surface area contributed by atoms with Gasteiger partial charge in [-0.25, -0.2) is 0 Å². The van der Waals surface area contributed by atoms with E-state index in [2.05, 4.69) is 93.3 Å². The van der Waals surface area contributed by atoms with E-state index in [9.17, 15) is 0 Å². The van der Waals surface area contributed by atoms with Crippen molar-refractivity contribution >= 4 is 10.9 Å². The predicted molar refractivity (Wildman–Crippen MR) is 143 cm³/mol. The molecule has 1 unspecified atom stereocenters. The van der Waals surface area contributed by atoms with Crippen LogP contribution in [-0.4, -0.2) is 97.6 Å². The highest BCUT2D eigenvalue weighted by molar-refractivity contribution is 5.85. The van der Waals surface area contributed by atoms with Gasteiger partial charge in [0.1, 0.15) is 0 Å². The molecule has 5 heteroatoms. The average molecular weight is 460 g/mol. The molecule has 5 nitrogen and oxygen atoms in total. The van der Waals surface area contributed by atoms with Gasteiger partial charge in [0.15, 0.2) is 0 Å². The van der Waals surface area contributed by atoms with E-state index < -0.39 is 0 Å². The lowest BCUT2D eigenvalue weighted by Gasteiger charge is -2.38. The minimum Gasteiger partial charge on any atom is -0.357 e. The number of aromatic amines is 1. The molecular formula is C29H41N5. The molecule has 3 heterocycles. The molecule has 0 bridgehead atoms. The summed E-state index contributed by atoms with van der Waals surface area (Å²) in [4.78, 5) is 14.1. The van der Waals surface area contributed by atoms with Crippen molar-refractivity contribution in [1.82, 2.24) is 24.6 Å². The van der Waals surface area contributed by atoms with Gasteiger partial charge in [0.25, 0.3) is 0 Å². The van der Waals surface area contributed by atoms with E-state index in [1.165, 1.54) is 86.4 Å². The Morgan fingerprint density at radius 2 is 1.47 bits per heavy atom. The smallest absolute Gasteiger partial charge is 0.0757 e. The molecule has 2 aliphatic rings. The molecule has 0 radical (unpaired) electrons. The first-order valence-electron chi connectivity index (χ1n) is 13.2. The van der Waals surface area contributed by atoms with Crippen LogP contribution in [0.15, 0.2) is 54.6 Å². The molecule has 2 aliphatic heterocycles. The van der Waals surface area contributed by atoms with E-state index >= 15 is 0 Å². The van der Waals surface area contributed by atoms with E-state index in [0.717, 1.165) is 19.5 Å². The number of hydrogen-bond donors (Lipinski definition) is 1. The normalized spacial score (nSPS) is 20.3. The minimum atomic E-state index is 0.325. The molecule has 5 rings (SSSR count). The molecule has 1 atom stereocenters. The quantitative estimate of drug-likeness (QED) is 0.522. The summed E-state index contributed by atoms with van der Waals surface area (Å²) in [5, 5.41) is 1.40. The van der Waals surface area contributed by atoms with Crippen LogP contribution < -0.4 is 0 Å². The third-order valence-corrected chi connectivity index (χ3v) is 7.71. The van der Waals surface area contributed by atoms with Crippen LogP contribution in [0.5, 0.6) is 0 Å². The number of benzene rings is 2. The Hall–Kier alpha value is -2.18. The lowest BCUT2D eigenvalue weighted by atomic mass is 9.92. The topological polar surface area (TPSA) is 28.8 Å². The lowest BCUT2D eigenvalue weighted by Crippen LogP contribution is -2.47. The summed E-state index contributed by atoms with van der Waals surface area (Å²) >= 11 is 0. The second-order valence-corrected chi connectivity index (χ2v) is 10.4. The predicted octanol–water partition coefficient (Wildman–Crippen LogP) is 4.07. The van der Waals surface area contributed by atoms with Crippen molar-refractivity contribution in [3.05, 3.63) is 71.4 Å². The third-order valence-electron chi connectivity index (χ3n) is 7.71. The van der Waals surface area contributed by atoms with E-state index in [0.29, 0.717) is 6.04 Å². The monoisotopic (exact) mass is 459 g/mol. The van der Waals surface area contributed by atoms with Gasteiger partial charge in [-0.2, -0.15) is 0 Å². The molecule has 1 N–H and O–H groups in total. The maximum atomic E-state index is 3.80. The standard InChI is InChI=1S/C29H41N5/c1-31(2)15-8-16-32-20-22-33(23-21-32)17-9-18-34-19-14-26-25-12-6-7-13-27(25)30-28(26)29(34)24-10-4-3-5-11-24/h3-7,10-13,29-30H,8-9,14-23H2,1-2H3. The van der Waals surface area contributed by atoms with Crippen LogP contribution in [0.2, 0.25) is 0 Å². The van der Waals surface area contributed by atoms with Crippen LogP contribution in [0.1, 0.15) is 35.7 Å². The SMILES string of the molecule is CN(C)CCCN1CCN(CCCN2CCc3c([nH]c4ccccc34)C2c2ccccc2)CC1. The summed E-state index contributed by atoms with van der Waals surface area (Å²) in [6, 6.07) is 20.2. The zero-order chi connectivity index (χ0) is 23.3. The molecule has 2 aromatic carbocycles. The van der Waals surface area contributed by atoms with Gasteiger partial charge < -0.3 is 19.7 Å². The summed E-state index contributed by atoms with van der Waals surface area (Å²) in [6.45, 7) is 10.8. The first-order chi connectivity index (χ1) is 16.7. The second kappa shape index (κ2) is 11.0. The van der Waals surface area contributed by atoms with Crippen LogP contribution in [0.25, 0.3) is 10.9 Å². The van der Waals surface area contributed by atoms with E-state index in [1.807, 2.05) is 0 Å². The lowest BCUT2D eigenvalue weighted by molar-refractivity contribution is 0.120. The minimum absolute atomic E-state index is 0.325. The van der Waals surface area contributed by atoms with Gasteiger partial charge in [0.05, 0.1) is 6.04 Å². The van der Waals surface area contributed by atoms with E-state index in [-0.39, 0.29) is 0 Å². The molecule has 182 valence electrons. The third kappa shape index (κ3) is 5.38. The van der Waals surface area contributed by atoms with Crippen molar-refractivity contribution in [2.45, 2.75) is 25.3 Å². The molecule has 1 aromatic heterocycles. The van der Waals surface area contributed by atoms with Crippen LogP contribution in [-0.2, 0) is 6.42 Å². The average Bonchev–Trinajstić information content (AvgIpc) is 3.24. The maximum Gasteiger partial charge on any atom is 0.0757 e. The van der Waals surface area contributed by atoms with Gasteiger partial charge in [0.2, 0.25) is 0 Å². The molecular weight excluding hydrogens is 418 g/mol. The van der Waals surface area contributed by atoms with Crippen molar-refractivity contribution in [1.29, 1.82) is 0 Å². The summed E-state index contributed by atoms with van der Waals surface area (Å²) in [5.74, 6) is 0. The van der Waals surface area contributed by atoms with E-state index in [4.69, 9.17) is 0 Å². The Bertz CT molecular complexity index is 1040. The largest absolute Gasteiger partial charge is 0.357 e. The number of fused-ring (bicyclic) bond motifs is 3. The number of hydrogen-bond acceptors (Lipinski definition) is 4. The van der Waals surface area contributed by atoms with Gasteiger partial charge in [0, 0.05) is 55.9 Å². The van der Waals surface area contributed by atoms with Crippen LogP contribution in [0.4, 0.5) is 0 Å². The zero-order valence-electron chi connectivity index (χ0n) is 21.0. The highest BCUT2D eigenvalue weighted by Crippen LogP contribution is 2.38. The number of rotatable bonds is 9. The molecule has 0 aliphatic carbocycles. The highest BCUT2D eigenvalue weighted by atomic mass is 15.3. The Morgan fingerprint density at radius 1 is 0.794 bits per heavy atom. The number of piperazine rings is 1. The number of nitrogens with zero attached hydrogens (tertiary/aromatic N) is 4. The Labute approximate surface area is 205 Å². The molecule has 3 aromatic rings. The first-order valence-corrected chi connectivity index (χ1v) is 13.2. The Morgan fingerprint density at radius 3 is 2.21 bits per heavy atom. The molecule has 34 heavy (non-hydrogen) atoms. The van der Waals surface area contributed by atoms with Crippen molar-refractivity contribution in [2.75, 3.05) is 73.0 Å². The summed E-state index contributed by atoms with van der Waals surface area (Å²) < 4.78 is 0. The van der Waals surface area contributed by atoms with Gasteiger partial charge in [-0.15, -0.1) is 0 Å². The van der Waals surface area contributed by atoms with Crippen molar-refractivity contribution in [3.8, 4) is 0 Å². The highest BCUT2D eigenvalue weighted by Gasteiger charge is 2.31. The van der Waals surface area contributed by atoms with Crippen LogP contribution in [0.3, 0.4) is 0 Å². The molecule has 0 amide bonds. The summed E-state index contributed by atoms with van der Waals surface area (Å²) in [5.41, 5.74) is 5.61. The fourth-order valence-corrected chi connectivity index (χ4v) is 5.89. The fourth-order valence-electron chi connectivity index (χ4n) is 5.89. The van der Waals surface area contributed by atoms with E-state index in [1.54, 1.807) is 0 Å². The summed E-state index contributed by atoms with van der Waals surface area (Å²) in [6.07, 6.45) is 3.65. The Kier molecular flexibility index (Phi) is 7.65. The molecule has 1 fully saturated rings. The van der Waals surface area contributed by atoms with Gasteiger partial charge >= 0.3 is 0 Å². The van der Waals surface area contributed by atoms with Crippen molar-refractivity contribution in [3.63, 3.8) is 0 Å². The van der Waals surface area contributed by atoms with Crippen molar-refractivity contribution in [2.24, 2.45) is 0 Å². The number of para-hydroxylation sites is 1. The Balaban J connectivity index is 1.19. The number of nitrogens with one attached hydrogen (secondary N) is 1. The maximum absolute atomic E-state index is 3.80. The van der Waals surface area contributed by atoms with Crippen LogP contribution >= 0.6 is 0 Å². The second-order valence-electron chi connectivity index (χ2n) is 10.4. The molecule has 0 spiro atoms. The number of aromatic nitrogens is 1. The van der Waals surface area contributed by atoms with Crippen molar-refractivity contribution < 1.29 is 0 Å². The molecule has 1 saturated heterocycles.